The summed E-state index contributed by atoms with van der Waals surface area (Å²) in [5.74, 6) is 1.04. The van der Waals surface area contributed by atoms with Crippen molar-refractivity contribution in [3.63, 3.8) is 0 Å². The number of carbonyl (C=O) groups is 1. The summed E-state index contributed by atoms with van der Waals surface area (Å²) in [6.45, 7) is 6.16. The van der Waals surface area contributed by atoms with Crippen molar-refractivity contribution in [1.29, 1.82) is 0 Å². The largest absolute Gasteiger partial charge is 0.485 e. The molecule has 6 nitrogen and oxygen atoms in total. The van der Waals surface area contributed by atoms with Gasteiger partial charge in [0.2, 0.25) is 0 Å². The average molecular weight is 400 g/mol. The monoisotopic (exact) mass is 400 g/mol. The number of nitrogen functional groups attached to an aromatic ring is 1. The molecule has 4 rings (SSSR count). The molecule has 2 aromatic heterocycles. The van der Waals surface area contributed by atoms with Crippen LogP contribution < -0.4 is 10.5 Å². The molecular formula is C24H24N4O2. The van der Waals surface area contributed by atoms with Crippen LogP contribution in [0.15, 0.2) is 61.1 Å². The smallest absolute Gasteiger partial charge is 0.200 e. The van der Waals surface area contributed by atoms with Crippen molar-refractivity contribution >= 4 is 22.6 Å². The van der Waals surface area contributed by atoms with E-state index in [1.54, 1.807) is 6.07 Å². The SMILES string of the molecule is Cc1cccc(C(=O)COc2ccc(-c3cn(C(C)C)c4ncnc(N)c34)cc2)c1. The van der Waals surface area contributed by atoms with Crippen LogP contribution in [0.3, 0.4) is 0 Å². The maximum atomic E-state index is 12.4. The van der Waals surface area contributed by atoms with E-state index in [1.165, 1.54) is 6.33 Å². The maximum absolute atomic E-state index is 12.4. The molecule has 2 aromatic carbocycles. The molecule has 4 aromatic rings. The van der Waals surface area contributed by atoms with Gasteiger partial charge in [0.05, 0.1) is 5.39 Å². The molecule has 152 valence electrons. The number of aromatic nitrogens is 3. The van der Waals surface area contributed by atoms with Crippen LogP contribution in [0, 0.1) is 6.92 Å². The Hall–Kier alpha value is -3.67. The number of hydrogen-bond acceptors (Lipinski definition) is 5. The summed E-state index contributed by atoms with van der Waals surface area (Å²) in [5, 5.41) is 0.842. The molecule has 0 bridgehead atoms. The first-order valence-corrected chi connectivity index (χ1v) is 9.88. The van der Waals surface area contributed by atoms with Crippen LogP contribution in [-0.2, 0) is 0 Å². The van der Waals surface area contributed by atoms with Crippen LogP contribution >= 0.6 is 0 Å². The molecule has 0 aliphatic rings. The Kier molecular flexibility index (Phi) is 5.23. The molecule has 2 heterocycles. The Labute approximate surface area is 175 Å². The predicted molar refractivity (Wildman–Crippen MR) is 119 cm³/mol. The molecule has 0 aliphatic heterocycles. The molecule has 30 heavy (non-hydrogen) atoms. The van der Waals surface area contributed by atoms with E-state index < -0.39 is 0 Å². The molecule has 0 saturated heterocycles. The summed E-state index contributed by atoms with van der Waals surface area (Å²) >= 11 is 0. The van der Waals surface area contributed by atoms with Crippen molar-refractivity contribution in [3.05, 3.63) is 72.2 Å². The summed E-state index contributed by atoms with van der Waals surface area (Å²) in [6.07, 6.45) is 3.54. The van der Waals surface area contributed by atoms with Crippen molar-refractivity contribution in [3.8, 4) is 16.9 Å². The minimum absolute atomic E-state index is 0.00373. The molecule has 0 aliphatic carbocycles. The van der Waals surface area contributed by atoms with Gasteiger partial charge in [0.15, 0.2) is 12.4 Å². The highest BCUT2D eigenvalue weighted by Gasteiger charge is 2.16. The van der Waals surface area contributed by atoms with Crippen molar-refractivity contribution in [2.75, 3.05) is 12.3 Å². The lowest BCUT2D eigenvalue weighted by Gasteiger charge is -2.08. The van der Waals surface area contributed by atoms with E-state index in [0.717, 1.165) is 27.7 Å². The third-order valence-corrected chi connectivity index (χ3v) is 5.07. The number of anilines is 1. The molecule has 0 amide bonds. The molecule has 0 spiro atoms. The summed E-state index contributed by atoms with van der Waals surface area (Å²) in [6, 6.07) is 15.4. The third-order valence-electron chi connectivity index (χ3n) is 5.07. The highest BCUT2D eigenvalue weighted by molar-refractivity contribution is 6.00. The van der Waals surface area contributed by atoms with E-state index >= 15 is 0 Å². The van der Waals surface area contributed by atoms with E-state index in [0.29, 0.717) is 17.1 Å². The zero-order valence-electron chi connectivity index (χ0n) is 17.3. The topological polar surface area (TPSA) is 83.0 Å². The maximum Gasteiger partial charge on any atom is 0.200 e. The summed E-state index contributed by atoms with van der Waals surface area (Å²) < 4.78 is 7.79. The van der Waals surface area contributed by atoms with Gasteiger partial charge in [-0.05, 0) is 44.5 Å². The summed E-state index contributed by atoms with van der Waals surface area (Å²) in [4.78, 5) is 20.9. The highest BCUT2D eigenvalue weighted by Crippen LogP contribution is 2.34. The number of ketones is 1. The zero-order valence-corrected chi connectivity index (χ0v) is 17.3. The normalized spacial score (nSPS) is 11.2. The van der Waals surface area contributed by atoms with Gasteiger partial charge in [-0.25, -0.2) is 9.97 Å². The zero-order chi connectivity index (χ0) is 21.3. The second-order valence-corrected chi connectivity index (χ2v) is 7.61. The van der Waals surface area contributed by atoms with Gasteiger partial charge in [-0.3, -0.25) is 4.79 Å². The lowest BCUT2D eigenvalue weighted by molar-refractivity contribution is 0.0921. The Morgan fingerprint density at radius 2 is 1.90 bits per heavy atom. The number of aryl methyl sites for hydroxylation is 1. The molecule has 6 heteroatoms. The fourth-order valence-corrected chi connectivity index (χ4v) is 3.50. The van der Waals surface area contributed by atoms with Gasteiger partial charge >= 0.3 is 0 Å². The quantitative estimate of drug-likeness (QED) is 0.469. The Bertz CT molecular complexity index is 1210. The van der Waals surface area contributed by atoms with Gasteiger partial charge < -0.3 is 15.0 Å². The van der Waals surface area contributed by atoms with Crippen molar-refractivity contribution < 1.29 is 9.53 Å². The van der Waals surface area contributed by atoms with E-state index in [2.05, 4.69) is 34.6 Å². The molecule has 0 radical (unpaired) electrons. The minimum atomic E-state index is -0.0484. The lowest BCUT2D eigenvalue weighted by atomic mass is 10.1. The van der Waals surface area contributed by atoms with Crippen LogP contribution in [-0.4, -0.2) is 26.9 Å². The van der Waals surface area contributed by atoms with E-state index in [1.807, 2.05) is 49.4 Å². The first kappa shape index (κ1) is 19.6. The Morgan fingerprint density at radius 3 is 2.60 bits per heavy atom. The van der Waals surface area contributed by atoms with Crippen LogP contribution in [0.5, 0.6) is 5.75 Å². The fraction of sp³-hybridized carbons (Fsp3) is 0.208. The average Bonchev–Trinajstić information content (AvgIpc) is 3.14. The first-order chi connectivity index (χ1) is 14.4. The van der Waals surface area contributed by atoms with Gasteiger partial charge in [-0.1, -0.05) is 35.9 Å². The number of benzene rings is 2. The van der Waals surface area contributed by atoms with Crippen molar-refractivity contribution in [2.45, 2.75) is 26.8 Å². The molecule has 0 fully saturated rings. The number of fused-ring (bicyclic) bond motifs is 1. The summed E-state index contributed by atoms with van der Waals surface area (Å²) in [7, 11) is 0. The van der Waals surface area contributed by atoms with Gasteiger partial charge in [0, 0.05) is 23.4 Å². The van der Waals surface area contributed by atoms with Crippen LogP contribution in [0.25, 0.3) is 22.2 Å². The number of nitrogens with two attached hydrogens (primary N) is 1. The Balaban J connectivity index is 1.56. The molecule has 0 saturated carbocycles. The van der Waals surface area contributed by atoms with Gasteiger partial charge in [-0.2, -0.15) is 0 Å². The Morgan fingerprint density at radius 1 is 1.13 bits per heavy atom. The van der Waals surface area contributed by atoms with Gasteiger partial charge in [-0.15, -0.1) is 0 Å². The van der Waals surface area contributed by atoms with Gasteiger partial charge in [0.25, 0.3) is 0 Å². The predicted octanol–water partition coefficient (Wildman–Crippen LogP) is 4.83. The van der Waals surface area contributed by atoms with E-state index in [-0.39, 0.29) is 18.4 Å². The number of carbonyl (C=O) groups excluding carboxylic acids is 1. The minimum Gasteiger partial charge on any atom is -0.485 e. The molecular weight excluding hydrogens is 376 g/mol. The lowest BCUT2D eigenvalue weighted by Crippen LogP contribution is -2.11. The number of rotatable bonds is 6. The third kappa shape index (κ3) is 3.76. The molecule has 0 atom stereocenters. The first-order valence-electron chi connectivity index (χ1n) is 9.88. The van der Waals surface area contributed by atoms with Crippen LogP contribution in [0.4, 0.5) is 5.82 Å². The number of Topliss-reactive ketones (excluding diaryl/α,β-unsaturated/α-hetero) is 1. The number of nitrogens with zero attached hydrogens (tertiary/aromatic N) is 3. The second-order valence-electron chi connectivity index (χ2n) is 7.61. The number of hydrogen-bond donors (Lipinski definition) is 1. The van der Waals surface area contributed by atoms with E-state index in [4.69, 9.17) is 10.5 Å². The van der Waals surface area contributed by atoms with Gasteiger partial charge in [0.1, 0.15) is 23.5 Å². The standard InChI is InChI=1S/C24H24N4O2/c1-15(2)28-12-20(22-23(25)26-14-27-24(22)28)17-7-9-19(10-8-17)30-13-21(29)18-6-4-5-16(3)11-18/h4-12,14-15H,13H2,1-3H3,(H2,25,26,27). The fourth-order valence-electron chi connectivity index (χ4n) is 3.50. The number of ether oxygens (including phenoxy) is 1. The summed E-state index contributed by atoms with van der Waals surface area (Å²) in [5.41, 5.74) is 10.6. The van der Waals surface area contributed by atoms with Crippen molar-refractivity contribution in [1.82, 2.24) is 14.5 Å². The van der Waals surface area contributed by atoms with E-state index in [9.17, 15) is 4.79 Å². The second kappa shape index (κ2) is 7.99. The van der Waals surface area contributed by atoms with Crippen LogP contribution in [0.2, 0.25) is 0 Å². The molecule has 2 N–H and O–H groups in total. The van der Waals surface area contributed by atoms with Crippen molar-refractivity contribution in [2.24, 2.45) is 0 Å². The highest BCUT2D eigenvalue weighted by atomic mass is 16.5. The van der Waals surface area contributed by atoms with Crippen LogP contribution in [0.1, 0.15) is 35.8 Å². The molecule has 0 unspecified atom stereocenters.